The molecule has 1 saturated carbocycles. The summed E-state index contributed by atoms with van der Waals surface area (Å²) in [6.07, 6.45) is 9.04. The van der Waals surface area contributed by atoms with E-state index in [4.69, 9.17) is 14.6 Å². The normalized spacial score (nSPS) is 17.3. The summed E-state index contributed by atoms with van der Waals surface area (Å²) in [7, 11) is 0. The smallest absolute Gasteiger partial charge is 0.335 e. The maximum Gasteiger partial charge on any atom is 0.335 e. The number of carbonyl (C=O) groups excluding carboxylic acids is 2. The third-order valence-corrected chi connectivity index (χ3v) is 8.47. The lowest BCUT2D eigenvalue weighted by atomic mass is 9.75. The van der Waals surface area contributed by atoms with Gasteiger partial charge >= 0.3 is 11.9 Å². The van der Waals surface area contributed by atoms with Gasteiger partial charge in [-0.1, -0.05) is 75.9 Å². The molecule has 2 aromatic carbocycles. The fourth-order valence-electron chi connectivity index (χ4n) is 5.90. The van der Waals surface area contributed by atoms with Gasteiger partial charge in [0.05, 0.1) is 37.6 Å². The quantitative estimate of drug-likeness (QED) is 0.170. The SMILES string of the molecule is C=C(CO)C(=O)OCCC(COC(=O)C(=C)CO)CC1CCC(c2ccc(-c3ccc(CCC)cc3)c(CC)c2)CC1. The van der Waals surface area contributed by atoms with E-state index in [1.807, 2.05) is 0 Å². The maximum absolute atomic E-state index is 12.1. The van der Waals surface area contributed by atoms with Gasteiger partial charge in [-0.25, -0.2) is 9.59 Å². The average Bonchev–Trinajstić information content (AvgIpc) is 3.03. The Balaban J connectivity index is 1.59. The monoisotopic (exact) mass is 576 g/mol. The molecule has 1 unspecified atom stereocenters. The minimum Gasteiger partial charge on any atom is -0.462 e. The van der Waals surface area contributed by atoms with E-state index < -0.39 is 25.2 Å². The molecule has 2 N–H and O–H groups in total. The number of aliphatic hydroxyl groups is 2. The summed E-state index contributed by atoms with van der Waals surface area (Å²) in [5, 5.41) is 18.3. The number of aliphatic hydroxyl groups excluding tert-OH is 2. The molecule has 0 radical (unpaired) electrons. The Morgan fingerprint density at radius 3 is 2.14 bits per heavy atom. The van der Waals surface area contributed by atoms with Crippen LogP contribution in [0.25, 0.3) is 11.1 Å². The van der Waals surface area contributed by atoms with Crippen LogP contribution in [-0.2, 0) is 31.9 Å². The molecule has 1 fully saturated rings. The van der Waals surface area contributed by atoms with Crippen molar-refractivity contribution < 1.29 is 29.3 Å². The van der Waals surface area contributed by atoms with Gasteiger partial charge in [-0.3, -0.25) is 0 Å². The summed E-state index contributed by atoms with van der Waals surface area (Å²) in [6.45, 7) is 10.9. The molecule has 42 heavy (non-hydrogen) atoms. The van der Waals surface area contributed by atoms with Gasteiger partial charge < -0.3 is 19.7 Å². The molecule has 0 bridgehead atoms. The Morgan fingerprint density at radius 2 is 1.55 bits per heavy atom. The molecule has 1 aliphatic rings. The van der Waals surface area contributed by atoms with Crippen LogP contribution in [0.3, 0.4) is 0 Å². The number of hydrogen-bond acceptors (Lipinski definition) is 6. The highest BCUT2D eigenvalue weighted by molar-refractivity contribution is 5.88. The Hall–Kier alpha value is -3.22. The summed E-state index contributed by atoms with van der Waals surface area (Å²) >= 11 is 0. The second kappa shape index (κ2) is 17.0. The molecule has 0 saturated heterocycles. The summed E-state index contributed by atoms with van der Waals surface area (Å²) in [5.41, 5.74) is 6.83. The average molecular weight is 577 g/mol. The van der Waals surface area contributed by atoms with E-state index in [9.17, 15) is 14.7 Å². The zero-order valence-corrected chi connectivity index (χ0v) is 25.4. The van der Waals surface area contributed by atoms with Crippen molar-refractivity contribution in [3.63, 3.8) is 0 Å². The van der Waals surface area contributed by atoms with Crippen LogP contribution in [0.15, 0.2) is 66.8 Å². The van der Waals surface area contributed by atoms with Crippen molar-refractivity contribution in [3.05, 3.63) is 83.5 Å². The van der Waals surface area contributed by atoms with E-state index in [1.165, 1.54) is 27.8 Å². The Morgan fingerprint density at radius 1 is 0.905 bits per heavy atom. The van der Waals surface area contributed by atoms with Crippen molar-refractivity contribution in [2.45, 2.75) is 77.6 Å². The fourth-order valence-corrected chi connectivity index (χ4v) is 5.90. The molecule has 0 heterocycles. The van der Waals surface area contributed by atoms with Crippen LogP contribution < -0.4 is 0 Å². The molecule has 0 aliphatic heterocycles. The topological polar surface area (TPSA) is 93.1 Å². The number of ether oxygens (including phenoxy) is 2. The molecule has 3 rings (SSSR count). The summed E-state index contributed by atoms with van der Waals surface area (Å²) in [4.78, 5) is 24.0. The van der Waals surface area contributed by atoms with Gasteiger partial charge in [0.25, 0.3) is 0 Å². The minimum atomic E-state index is -0.617. The summed E-state index contributed by atoms with van der Waals surface area (Å²) < 4.78 is 10.7. The molecule has 0 aromatic heterocycles. The van der Waals surface area contributed by atoms with E-state index in [2.05, 4.69) is 69.5 Å². The van der Waals surface area contributed by atoms with Crippen LogP contribution in [0.1, 0.15) is 81.4 Å². The predicted molar refractivity (Wildman–Crippen MR) is 167 cm³/mol. The van der Waals surface area contributed by atoms with E-state index >= 15 is 0 Å². The van der Waals surface area contributed by atoms with Crippen molar-refractivity contribution in [2.24, 2.45) is 11.8 Å². The van der Waals surface area contributed by atoms with Crippen LogP contribution in [0.2, 0.25) is 0 Å². The van der Waals surface area contributed by atoms with Crippen LogP contribution >= 0.6 is 0 Å². The third-order valence-electron chi connectivity index (χ3n) is 8.47. The third kappa shape index (κ3) is 9.67. The molecule has 0 spiro atoms. The van der Waals surface area contributed by atoms with Gasteiger partial charge in [0, 0.05) is 0 Å². The summed E-state index contributed by atoms with van der Waals surface area (Å²) in [6, 6.07) is 16.0. The van der Waals surface area contributed by atoms with Crippen molar-refractivity contribution in [2.75, 3.05) is 26.4 Å². The first-order valence-corrected chi connectivity index (χ1v) is 15.4. The van der Waals surface area contributed by atoms with Crippen molar-refractivity contribution in [1.82, 2.24) is 0 Å². The largest absolute Gasteiger partial charge is 0.462 e. The highest BCUT2D eigenvalue weighted by Crippen LogP contribution is 2.40. The first-order chi connectivity index (χ1) is 20.3. The van der Waals surface area contributed by atoms with Gasteiger partial charge in [0.2, 0.25) is 0 Å². The molecule has 1 aliphatic carbocycles. The predicted octanol–water partition coefficient (Wildman–Crippen LogP) is 6.72. The molecule has 6 nitrogen and oxygen atoms in total. The van der Waals surface area contributed by atoms with Crippen molar-refractivity contribution in [3.8, 4) is 11.1 Å². The highest BCUT2D eigenvalue weighted by atomic mass is 16.5. The zero-order valence-electron chi connectivity index (χ0n) is 25.4. The molecular formula is C36H48O6. The highest BCUT2D eigenvalue weighted by Gasteiger charge is 2.26. The Kier molecular flexibility index (Phi) is 13.5. The number of aryl methyl sites for hydroxylation is 2. The van der Waals surface area contributed by atoms with Crippen molar-refractivity contribution >= 4 is 11.9 Å². The van der Waals surface area contributed by atoms with E-state index in [-0.39, 0.29) is 30.3 Å². The van der Waals surface area contributed by atoms with E-state index in [1.54, 1.807) is 0 Å². The first-order valence-electron chi connectivity index (χ1n) is 15.4. The molecule has 0 amide bonds. The summed E-state index contributed by atoms with van der Waals surface area (Å²) in [5.74, 6) is -0.202. The Bertz CT molecular complexity index is 1190. The zero-order chi connectivity index (χ0) is 30.5. The molecular weight excluding hydrogens is 528 g/mol. The fraction of sp³-hybridized carbons (Fsp3) is 0.500. The van der Waals surface area contributed by atoms with Crippen LogP contribution in [-0.4, -0.2) is 48.6 Å². The van der Waals surface area contributed by atoms with Gasteiger partial charge in [-0.05, 0) is 96.9 Å². The lowest BCUT2D eigenvalue weighted by Gasteiger charge is -2.31. The van der Waals surface area contributed by atoms with Gasteiger partial charge in [-0.15, -0.1) is 0 Å². The van der Waals surface area contributed by atoms with Crippen LogP contribution in [0.5, 0.6) is 0 Å². The van der Waals surface area contributed by atoms with E-state index in [0.717, 1.165) is 51.4 Å². The van der Waals surface area contributed by atoms with Crippen LogP contribution in [0.4, 0.5) is 0 Å². The lowest BCUT2D eigenvalue weighted by molar-refractivity contribution is -0.143. The number of carbonyl (C=O) groups is 2. The second-order valence-corrected chi connectivity index (χ2v) is 11.6. The number of esters is 2. The molecule has 1 atom stereocenters. The Labute approximate surface area is 251 Å². The van der Waals surface area contributed by atoms with Gasteiger partial charge in [0.1, 0.15) is 0 Å². The number of rotatable bonds is 16. The first kappa shape index (κ1) is 33.3. The lowest BCUT2D eigenvalue weighted by Crippen LogP contribution is -2.23. The van der Waals surface area contributed by atoms with Crippen molar-refractivity contribution in [1.29, 1.82) is 0 Å². The standard InChI is InChI=1S/C36H48O6/c1-5-7-27-8-14-32(15-9-27)34-17-16-33(21-30(34)6-2)31-12-10-28(11-13-31)20-29(24-42-36(40)26(4)23-38)18-19-41-35(39)25(3)22-37/h8-9,14-17,21,28-29,31,37-38H,3-7,10-13,18-20,22-24H2,1-2H3. The number of hydrogen-bond donors (Lipinski definition) is 2. The van der Waals surface area contributed by atoms with Crippen LogP contribution in [0, 0.1) is 11.8 Å². The number of benzene rings is 2. The maximum atomic E-state index is 12.1. The minimum absolute atomic E-state index is 0.00637. The molecule has 6 heteroatoms. The molecule has 2 aromatic rings. The van der Waals surface area contributed by atoms with E-state index in [0.29, 0.717) is 18.3 Å². The molecule has 228 valence electrons. The van der Waals surface area contributed by atoms with Gasteiger partial charge in [0.15, 0.2) is 0 Å². The second-order valence-electron chi connectivity index (χ2n) is 11.6. The van der Waals surface area contributed by atoms with Gasteiger partial charge in [-0.2, -0.15) is 0 Å².